The maximum Gasteiger partial charge on any atom is 0.193 e. The minimum atomic E-state index is -0.0542. The van der Waals surface area contributed by atoms with E-state index >= 15 is 0 Å². The number of nitrogens with zero attached hydrogens (tertiary/aromatic N) is 2. The normalized spacial score (nSPS) is 33.8. The molecule has 0 aromatic heterocycles. The van der Waals surface area contributed by atoms with Gasteiger partial charge in [-0.1, -0.05) is 13.8 Å². The number of methoxy groups -OCH3 is 1. The molecule has 2 aliphatic rings. The highest BCUT2D eigenvalue weighted by Gasteiger charge is 2.58. The lowest BCUT2D eigenvalue weighted by Gasteiger charge is -2.59. The van der Waals surface area contributed by atoms with Gasteiger partial charge in [-0.25, -0.2) is 0 Å². The molecule has 1 aliphatic carbocycles. The van der Waals surface area contributed by atoms with E-state index in [1.54, 1.807) is 7.11 Å². The highest BCUT2D eigenvalue weighted by Crippen LogP contribution is 2.51. The molecule has 1 heterocycles. The van der Waals surface area contributed by atoms with Crippen molar-refractivity contribution in [2.75, 3.05) is 41.0 Å². The Hall–Kier alpha value is -0.0800. The van der Waals surface area contributed by atoms with Crippen molar-refractivity contribution in [3.63, 3.8) is 0 Å². The van der Waals surface area contributed by atoms with Crippen molar-refractivity contribution in [2.24, 2.45) is 16.3 Å². The van der Waals surface area contributed by atoms with Crippen LogP contribution in [-0.2, 0) is 9.47 Å². The van der Waals surface area contributed by atoms with Gasteiger partial charge in [-0.05, 0) is 19.8 Å². The molecule has 0 aromatic carbocycles. The molecule has 1 saturated heterocycles. The second-order valence-electron chi connectivity index (χ2n) is 7.22. The van der Waals surface area contributed by atoms with Gasteiger partial charge in [-0.3, -0.25) is 4.99 Å². The summed E-state index contributed by atoms with van der Waals surface area (Å²) >= 11 is 0. The third kappa shape index (κ3) is 3.70. The van der Waals surface area contributed by atoms with Gasteiger partial charge in [0.1, 0.15) is 0 Å². The minimum absolute atomic E-state index is 0. The molecule has 1 saturated carbocycles. The molecule has 0 radical (unpaired) electrons. The topological polar surface area (TPSA) is 46.1 Å². The molecule has 2 fully saturated rings. The quantitative estimate of drug-likeness (QED) is 0.427. The van der Waals surface area contributed by atoms with Gasteiger partial charge in [-0.15, -0.1) is 24.0 Å². The van der Waals surface area contributed by atoms with Crippen LogP contribution in [0.3, 0.4) is 0 Å². The first-order valence-electron chi connectivity index (χ1n) is 7.91. The van der Waals surface area contributed by atoms with Crippen molar-refractivity contribution < 1.29 is 9.47 Å². The average Bonchev–Trinajstić information content (AvgIpc) is 2.95. The van der Waals surface area contributed by atoms with Gasteiger partial charge in [0, 0.05) is 51.7 Å². The molecule has 22 heavy (non-hydrogen) atoms. The number of rotatable bonds is 4. The first kappa shape index (κ1) is 20.0. The monoisotopic (exact) mass is 425 g/mol. The van der Waals surface area contributed by atoms with Crippen LogP contribution in [0.25, 0.3) is 0 Å². The van der Waals surface area contributed by atoms with E-state index in [0.29, 0.717) is 12.0 Å². The lowest BCUT2D eigenvalue weighted by atomic mass is 9.56. The lowest BCUT2D eigenvalue weighted by molar-refractivity contribution is -0.176. The van der Waals surface area contributed by atoms with Crippen molar-refractivity contribution in [3.8, 4) is 0 Å². The summed E-state index contributed by atoms with van der Waals surface area (Å²) in [5, 5.41) is 3.61. The van der Waals surface area contributed by atoms with Gasteiger partial charge in [0.15, 0.2) is 5.96 Å². The fourth-order valence-corrected chi connectivity index (χ4v) is 3.43. The summed E-state index contributed by atoms with van der Waals surface area (Å²) in [6.07, 6.45) is 2.16. The second-order valence-corrected chi connectivity index (χ2v) is 7.22. The maximum absolute atomic E-state index is 5.69. The summed E-state index contributed by atoms with van der Waals surface area (Å²) < 4.78 is 11.1. The third-order valence-corrected chi connectivity index (χ3v) is 5.71. The maximum atomic E-state index is 5.69. The van der Waals surface area contributed by atoms with Crippen LogP contribution >= 0.6 is 24.0 Å². The van der Waals surface area contributed by atoms with Gasteiger partial charge >= 0.3 is 0 Å². The van der Waals surface area contributed by atoms with Crippen LogP contribution in [0.2, 0.25) is 0 Å². The Morgan fingerprint density at radius 2 is 2.09 bits per heavy atom. The summed E-state index contributed by atoms with van der Waals surface area (Å²) in [5.74, 6) is 1.59. The standard InChI is InChI=1S/C16H31N3O2.HI/c1-15(2)13(9-16(15,3)20-6)18-14(17-4)19(5)10-12-7-8-21-11-12;/h12-13H,7-11H2,1-6H3,(H,17,18);1H. The van der Waals surface area contributed by atoms with Crippen molar-refractivity contribution in [1.82, 2.24) is 10.2 Å². The Morgan fingerprint density at radius 3 is 2.55 bits per heavy atom. The number of halogens is 1. The van der Waals surface area contributed by atoms with Gasteiger partial charge in [0.25, 0.3) is 0 Å². The minimum Gasteiger partial charge on any atom is -0.381 e. The summed E-state index contributed by atoms with van der Waals surface area (Å²) in [4.78, 5) is 6.66. The second kappa shape index (κ2) is 7.66. The number of nitrogens with one attached hydrogen (secondary N) is 1. The highest BCUT2D eigenvalue weighted by atomic mass is 127. The van der Waals surface area contributed by atoms with E-state index in [9.17, 15) is 0 Å². The smallest absolute Gasteiger partial charge is 0.193 e. The lowest BCUT2D eigenvalue weighted by Crippen LogP contribution is -2.69. The molecular weight excluding hydrogens is 393 g/mol. The average molecular weight is 425 g/mol. The summed E-state index contributed by atoms with van der Waals surface area (Å²) in [7, 11) is 5.76. The van der Waals surface area contributed by atoms with E-state index in [1.165, 1.54) is 0 Å². The Labute approximate surface area is 152 Å². The number of aliphatic imine (C=N–C) groups is 1. The number of hydrogen-bond donors (Lipinski definition) is 1. The van der Waals surface area contributed by atoms with Crippen molar-refractivity contribution in [1.29, 1.82) is 0 Å². The molecule has 0 bridgehead atoms. The van der Waals surface area contributed by atoms with E-state index in [2.05, 4.69) is 43.0 Å². The van der Waals surface area contributed by atoms with Gasteiger partial charge in [0.05, 0.1) is 12.2 Å². The van der Waals surface area contributed by atoms with Gasteiger partial charge < -0.3 is 19.7 Å². The van der Waals surface area contributed by atoms with Crippen LogP contribution in [0.1, 0.15) is 33.6 Å². The van der Waals surface area contributed by atoms with Crippen LogP contribution in [0, 0.1) is 11.3 Å². The Morgan fingerprint density at radius 1 is 1.41 bits per heavy atom. The molecular formula is C16H32IN3O2. The summed E-state index contributed by atoms with van der Waals surface area (Å²) in [6, 6.07) is 0.392. The zero-order valence-electron chi connectivity index (χ0n) is 14.8. The van der Waals surface area contributed by atoms with Gasteiger partial charge in [-0.2, -0.15) is 0 Å². The van der Waals surface area contributed by atoms with Crippen molar-refractivity contribution in [2.45, 2.75) is 45.3 Å². The first-order chi connectivity index (χ1) is 9.84. The molecule has 130 valence electrons. The van der Waals surface area contributed by atoms with Crippen LogP contribution in [0.5, 0.6) is 0 Å². The Balaban J connectivity index is 0.00000242. The SMILES string of the molecule is CN=C(NC1CC(C)(OC)C1(C)C)N(C)CC1CCOC1.I. The molecule has 2 rings (SSSR count). The zero-order valence-corrected chi connectivity index (χ0v) is 17.1. The zero-order chi connectivity index (χ0) is 15.7. The highest BCUT2D eigenvalue weighted by molar-refractivity contribution is 14.0. The van der Waals surface area contributed by atoms with Crippen molar-refractivity contribution in [3.05, 3.63) is 0 Å². The Kier molecular flexibility index (Phi) is 6.95. The molecule has 0 spiro atoms. The predicted octanol–water partition coefficient (Wildman–Crippen LogP) is 2.35. The summed E-state index contributed by atoms with van der Waals surface area (Å²) in [5.41, 5.74) is 0.0381. The Bertz CT molecular complexity index is 397. The van der Waals surface area contributed by atoms with E-state index in [0.717, 1.165) is 38.6 Å². The van der Waals surface area contributed by atoms with E-state index in [1.807, 2.05) is 7.05 Å². The molecule has 1 aliphatic heterocycles. The van der Waals surface area contributed by atoms with Crippen LogP contribution in [0.15, 0.2) is 4.99 Å². The molecule has 6 heteroatoms. The fourth-order valence-electron chi connectivity index (χ4n) is 3.43. The molecule has 1 N–H and O–H groups in total. The number of ether oxygens (including phenoxy) is 2. The number of guanidine groups is 1. The molecule has 0 amide bonds. The molecule has 3 unspecified atom stereocenters. The first-order valence-corrected chi connectivity index (χ1v) is 7.91. The third-order valence-electron chi connectivity index (χ3n) is 5.71. The van der Waals surface area contributed by atoms with Crippen LogP contribution < -0.4 is 5.32 Å². The van der Waals surface area contributed by atoms with E-state index in [4.69, 9.17) is 9.47 Å². The number of hydrogen-bond acceptors (Lipinski definition) is 3. The largest absolute Gasteiger partial charge is 0.381 e. The van der Waals surface area contributed by atoms with Crippen molar-refractivity contribution >= 4 is 29.9 Å². The molecule has 3 atom stereocenters. The van der Waals surface area contributed by atoms with E-state index in [-0.39, 0.29) is 35.0 Å². The van der Waals surface area contributed by atoms with Crippen LogP contribution in [-0.4, -0.2) is 63.5 Å². The van der Waals surface area contributed by atoms with Gasteiger partial charge in [0.2, 0.25) is 0 Å². The molecule has 0 aromatic rings. The van der Waals surface area contributed by atoms with Crippen LogP contribution in [0.4, 0.5) is 0 Å². The summed E-state index contributed by atoms with van der Waals surface area (Å²) in [6.45, 7) is 9.47. The predicted molar refractivity (Wildman–Crippen MR) is 101 cm³/mol. The molecule has 5 nitrogen and oxygen atoms in total. The fraction of sp³-hybridized carbons (Fsp3) is 0.938. The van der Waals surface area contributed by atoms with E-state index < -0.39 is 0 Å².